The first-order valence-electron chi connectivity index (χ1n) is 11.1. The van der Waals surface area contributed by atoms with Crippen molar-refractivity contribution in [2.45, 2.75) is 37.8 Å². The number of rotatable bonds is 12. The number of nitrogens with zero attached hydrogens (tertiary/aromatic N) is 2. The van der Waals surface area contributed by atoms with Crippen molar-refractivity contribution in [3.8, 4) is 0 Å². The Morgan fingerprint density at radius 2 is 1.29 bits per heavy atom. The van der Waals surface area contributed by atoms with Crippen molar-refractivity contribution in [2.24, 2.45) is 0 Å². The Bertz CT molecular complexity index is 1100. The summed E-state index contributed by atoms with van der Waals surface area (Å²) in [6, 6.07) is 4.06. The van der Waals surface area contributed by atoms with Crippen molar-refractivity contribution < 1.29 is 48.5 Å². The average molecular weight is 533 g/mol. The molecule has 14 heteroatoms. The summed E-state index contributed by atoms with van der Waals surface area (Å²) in [4.78, 5) is 75.0. The number of ether oxygens (including phenoxy) is 2. The van der Waals surface area contributed by atoms with Gasteiger partial charge < -0.3 is 30.3 Å². The molecule has 0 saturated heterocycles. The van der Waals surface area contributed by atoms with Crippen molar-refractivity contribution in [1.82, 2.24) is 20.6 Å². The minimum absolute atomic E-state index is 0.00356. The number of nitrogens with one attached hydrogen (secondary N) is 2. The molecule has 0 radical (unpaired) electrons. The van der Waals surface area contributed by atoms with E-state index in [0.29, 0.717) is 5.56 Å². The second-order valence-electron chi connectivity index (χ2n) is 7.44. The highest BCUT2D eigenvalue weighted by Crippen LogP contribution is 2.04. The third-order valence-corrected chi connectivity index (χ3v) is 4.75. The maximum absolute atomic E-state index is 11.9. The van der Waals surface area contributed by atoms with Gasteiger partial charge in [-0.2, -0.15) is 0 Å². The molecule has 4 N–H and O–H groups in total. The van der Waals surface area contributed by atoms with Crippen LogP contribution < -0.4 is 10.6 Å². The number of carboxylic acid groups (broad SMARTS) is 2. The van der Waals surface area contributed by atoms with Crippen LogP contribution in [0.3, 0.4) is 0 Å². The van der Waals surface area contributed by atoms with Crippen LogP contribution in [0.1, 0.15) is 46.4 Å². The number of esters is 2. The van der Waals surface area contributed by atoms with Crippen molar-refractivity contribution >= 4 is 35.7 Å². The van der Waals surface area contributed by atoms with Crippen LogP contribution in [-0.2, 0) is 28.7 Å². The number of hydrogen-bond acceptors (Lipinski definition) is 10. The lowest BCUT2D eigenvalue weighted by molar-refractivity contribution is -0.145. The Hall–Kier alpha value is -4.88. The van der Waals surface area contributed by atoms with Gasteiger partial charge >= 0.3 is 23.9 Å². The predicted molar refractivity (Wildman–Crippen MR) is 129 cm³/mol. The van der Waals surface area contributed by atoms with Crippen LogP contribution in [-0.4, -0.2) is 82.2 Å². The van der Waals surface area contributed by atoms with E-state index in [1.54, 1.807) is 18.2 Å². The number of methoxy groups -OCH3 is 2. The first-order valence-corrected chi connectivity index (χ1v) is 11.1. The predicted octanol–water partition coefficient (Wildman–Crippen LogP) is 0.436. The summed E-state index contributed by atoms with van der Waals surface area (Å²) in [6.07, 6.45) is 5.30. The van der Waals surface area contributed by atoms with E-state index in [9.17, 15) is 28.8 Å². The van der Waals surface area contributed by atoms with Gasteiger partial charge in [0.2, 0.25) is 0 Å². The Labute approximate surface area is 217 Å². The lowest BCUT2D eigenvalue weighted by atomic mass is 10.1. The van der Waals surface area contributed by atoms with E-state index in [2.05, 4.69) is 30.1 Å². The van der Waals surface area contributed by atoms with E-state index in [1.165, 1.54) is 45.1 Å². The molecule has 0 fully saturated rings. The van der Waals surface area contributed by atoms with Crippen molar-refractivity contribution in [3.63, 3.8) is 0 Å². The van der Waals surface area contributed by atoms with Gasteiger partial charge in [0.15, 0.2) is 0 Å². The quantitative estimate of drug-likeness (QED) is 0.274. The summed E-state index contributed by atoms with van der Waals surface area (Å²) >= 11 is 0. The van der Waals surface area contributed by atoms with E-state index in [4.69, 9.17) is 10.2 Å². The second kappa shape index (κ2) is 16.7. The summed E-state index contributed by atoms with van der Waals surface area (Å²) in [7, 11) is 2.47. The second-order valence-corrected chi connectivity index (χ2v) is 7.44. The van der Waals surface area contributed by atoms with Crippen LogP contribution in [0, 0.1) is 0 Å². The van der Waals surface area contributed by atoms with Crippen LogP contribution in [0.25, 0.3) is 0 Å². The molecule has 0 aliphatic rings. The van der Waals surface area contributed by atoms with E-state index in [-0.39, 0.29) is 31.2 Å². The van der Waals surface area contributed by atoms with E-state index in [1.807, 2.05) is 0 Å². The van der Waals surface area contributed by atoms with Crippen molar-refractivity contribution in [2.75, 3.05) is 14.2 Å². The average Bonchev–Trinajstić information content (AvgIpc) is 2.93. The highest BCUT2D eigenvalue weighted by molar-refractivity contribution is 5.97. The van der Waals surface area contributed by atoms with Crippen LogP contribution in [0.4, 0.5) is 0 Å². The third kappa shape index (κ3) is 11.7. The standard InChI is InChI=1S/C13H16N2O5.C11H12N2O5/c1-19-11(16)6-5-10(13(18)20-2)15-12(17)9-4-3-7-14-8-9;14-9(15)4-3-8(11(17)18)13-10(16)7-2-1-5-12-6-7/h3-4,7-8,10H,5-6H2,1-2H3,(H,15,17);1-2,5-6,8H,3-4H2,(H,13,16)(H,14,15)(H,17,18). The number of carbonyl (C=O) groups is 6. The summed E-state index contributed by atoms with van der Waals surface area (Å²) in [5, 5.41) is 22.1. The molecule has 2 atom stereocenters. The van der Waals surface area contributed by atoms with Crippen LogP contribution >= 0.6 is 0 Å². The SMILES string of the molecule is COC(=O)CCC(NC(=O)c1cccnc1)C(=O)OC.O=C(O)CCC(NC(=O)c1cccnc1)C(=O)O. The summed E-state index contributed by atoms with van der Waals surface area (Å²) in [5.41, 5.74) is 0.540. The third-order valence-electron chi connectivity index (χ3n) is 4.75. The highest BCUT2D eigenvalue weighted by Gasteiger charge is 2.23. The molecule has 2 heterocycles. The fraction of sp³-hybridized carbons (Fsp3) is 0.333. The summed E-state index contributed by atoms with van der Waals surface area (Å²) in [6.45, 7) is 0. The Morgan fingerprint density at radius 1 is 0.789 bits per heavy atom. The maximum atomic E-state index is 11.9. The number of pyridine rings is 2. The molecule has 0 spiro atoms. The molecular weight excluding hydrogens is 504 g/mol. The van der Waals surface area contributed by atoms with Gasteiger partial charge in [-0.15, -0.1) is 0 Å². The minimum Gasteiger partial charge on any atom is -0.481 e. The molecule has 0 aromatic carbocycles. The first-order chi connectivity index (χ1) is 18.1. The van der Waals surface area contributed by atoms with Gasteiger partial charge in [-0.05, 0) is 37.1 Å². The normalized spacial score (nSPS) is 11.4. The fourth-order valence-corrected chi connectivity index (χ4v) is 2.76. The number of amides is 2. The number of carbonyl (C=O) groups excluding carboxylic acids is 4. The van der Waals surface area contributed by atoms with Gasteiger partial charge in [-0.3, -0.25) is 29.1 Å². The van der Waals surface area contributed by atoms with Gasteiger partial charge in [0.05, 0.1) is 25.3 Å². The summed E-state index contributed by atoms with van der Waals surface area (Å²) in [5.74, 6) is -4.52. The molecule has 0 bridgehead atoms. The molecule has 38 heavy (non-hydrogen) atoms. The number of aliphatic carboxylic acids is 2. The van der Waals surface area contributed by atoms with E-state index < -0.39 is 47.8 Å². The van der Waals surface area contributed by atoms with E-state index >= 15 is 0 Å². The van der Waals surface area contributed by atoms with Gasteiger partial charge in [0.25, 0.3) is 11.8 Å². The highest BCUT2D eigenvalue weighted by atomic mass is 16.5. The zero-order valence-electron chi connectivity index (χ0n) is 20.7. The lowest BCUT2D eigenvalue weighted by Gasteiger charge is -2.15. The Morgan fingerprint density at radius 3 is 1.68 bits per heavy atom. The molecule has 2 rings (SSSR count). The molecule has 0 saturated carbocycles. The Kier molecular flexibility index (Phi) is 13.7. The fourth-order valence-electron chi connectivity index (χ4n) is 2.76. The monoisotopic (exact) mass is 532 g/mol. The molecule has 2 aromatic heterocycles. The summed E-state index contributed by atoms with van der Waals surface area (Å²) < 4.78 is 9.08. The number of aromatic nitrogens is 2. The maximum Gasteiger partial charge on any atom is 0.328 e. The molecule has 2 aromatic rings. The van der Waals surface area contributed by atoms with Crippen LogP contribution in [0.5, 0.6) is 0 Å². The van der Waals surface area contributed by atoms with Crippen LogP contribution in [0.2, 0.25) is 0 Å². The molecule has 0 aliphatic heterocycles. The Balaban J connectivity index is 0.000000382. The number of carboxylic acids is 2. The van der Waals surface area contributed by atoms with Gasteiger partial charge in [-0.25, -0.2) is 9.59 Å². The lowest BCUT2D eigenvalue weighted by Crippen LogP contribution is -2.41. The smallest absolute Gasteiger partial charge is 0.328 e. The molecule has 204 valence electrons. The van der Waals surface area contributed by atoms with Crippen LogP contribution in [0.15, 0.2) is 49.1 Å². The molecule has 2 unspecified atom stereocenters. The topological polar surface area (TPSA) is 211 Å². The number of hydrogen-bond donors (Lipinski definition) is 4. The van der Waals surface area contributed by atoms with Crippen molar-refractivity contribution in [1.29, 1.82) is 0 Å². The zero-order valence-corrected chi connectivity index (χ0v) is 20.7. The minimum atomic E-state index is -1.27. The van der Waals surface area contributed by atoms with Gasteiger partial charge in [0, 0.05) is 37.6 Å². The molecule has 0 aliphatic carbocycles. The first kappa shape index (κ1) is 31.2. The largest absolute Gasteiger partial charge is 0.481 e. The molecule has 14 nitrogen and oxygen atoms in total. The molecular formula is C24H28N4O10. The van der Waals surface area contributed by atoms with Gasteiger partial charge in [0.1, 0.15) is 12.1 Å². The van der Waals surface area contributed by atoms with Crippen molar-refractivity contribution in [3.05, 3.63) is 60.2 Å². The van der Waals surface area contributed by atoms with E-state index in [0.717, 1.165) is 0 Å². The zero-order chi connectivity index (χ0) is 28.5. The van der Waals surface area contributed by atoms with Gasteiger partial charge in [-0.1, -0.05) is 0 Å². The molecule has 2 amide bonds.